The normalized spacial score (nSPS) is 16.3. The Labute approximate surface area is 223 Å². The number of ether oxygens (including phenoxy) is 4. The standard InChI is InChI=1S/C28H24ClNO8/c1-15(31)38-19-10-5-7-16(11-19)25-24(26(32)20-13-21(29)23(37-4)14-22(20)36-3)27(33)28(34)30(25)17-8-6-9-18(12-17)35-2/h5-14,25,32H,1-4H3/b26-24+. The molecule has 1 heterocycles. The minimum absolute atomic E-state index is 0.0862. The Balaban J connectivity index is 1.99. The smallest absolute Gasteiger partial charge is 0.308 e. The molecule has 1 N–H and O–H groups in total. The fourth-order valence-corrected chi connectivity index (χ4v) is 4.52. The first-order valence-electron chi connectivity index (χ1n) is 11.4. The van der Waals surface area contributed by atoms with Gasteiger partial charge in [0.1, 0.15) is 28.8 Å². The minimum atomic E-state index is -1.09. The molecule has 9 nitrogen and oxygen atoms in total. The van der Waals surface area contributed by atoms with Gasteiger partial charge >= 0.3 is 5.97 Å². The zero-order chi connectivity index (χ0) is 27.6. The van der Waals surface area contributed by atoms with Crippen molar-refractivity contribution in [1.82, 2.24) is 0 Å². The minimum Gasteiger partial charge on any atom is -0.507 e. The third-order valence-electron chi connectivity index (χ3n) is 5.94. The van der Waals surface area contributed by atoms with Gasteiger partial charge in [-0.3, -0.25) is 19.3 Å². The van der Waals surface area contributed by atoms with E-state index in [4.69, 9.17) is 30.5 Å². The fourth-order valence-electron chi connectivity index (χ4n) is 4.28. The van der Waals surface area contributed by atoms with Crippen LogP contribution < -0.4 is 23.8 Å². The highest BCUT2D eigenvalue weighted by Crippen LogP contribution is 2.45. The lowest BCUT2D eigenvalue weighted by atomic mass is 9.94. The summed E-state index contributed by atoms with van der Waals surface area (Å²) in [5.74, 6) is -1.72. The van der Waals surface area contributed by atoms with Crippen LogP contribution in [0.1, 0.15) is 24.1 Å². The van der Waals surface area contributed by atoms with Crippen LogP contribution in [0.4, 0.5) is 5.69 Å². The summed E-state index contributed by atoms with van der Waals surface area (Å²) in [6, 6.07) is 14.7. The van der Waals surface area contributed by atoms with E-state index in [1.165, 1.54) is 51.4 Å². The Morgan fingerprint density at radius 1 is 0.895 bits per heavy atom. The number of amides is 1. The second-order valence-corrected chi connectivity index (χ2v) is 8.63. The van der Waals surface area contributed by atoms with Gasteiger partial charge in [0.2, 0.25) is 0 Å². The number of nitrogens with zero attached hydrogens (tertiary/aromatic N) is 1. The number of halogens is 1. The molecule has 0 saturated carbocycles. The molecule has 0 bridgehead atoms. The summed E-state index contributed by atoms with van der Waals surface area (Å²) in [5.41, 5.74) is 0.638. The SMILES string of the molecule is COc1cccc(N2C(=O)C(=O)/C(=C(/O)c3cc(Cl)c(OC)cc3OC)C2c2cccc(OC(C)=O)c2)c1. The summed E-state index contributed by atoms with van der Waals surface area (Å²) in [5, 5.41) is 11.7. The highest BCUT2D eigenvalue weighted by molar-refractivity contribution is 6.51. The summed E-state index contributed by atoms with van der Waals surface area (Å²) in [7, 11) is 4.29. The number of esters is 1. The molecule has 1 atom stereocenters. The van der Waals surface area contributed by atoms with Gasteiger partial charge in [0.05, 0.1) is 43.5 Å². The van der Waals surface area contributed by atoms with Crippen LogP contribution in [0.15, 0.2) is 66.2 Å². The van der Waals surface area contributed by atoms with E-state index in [9.17, 15) is 19.5 Å². The van der Waals surface area contributed by atoms with Crippen molar-refractivity contribution in [2.45, 2.75) is 13.0 Å². The lowest BCUT2D eigenvalue weighted by molar-refractivity contribution is -0.132. The van der Waals surface area contributed by atoms with Crippen molar-refractivity contribution in [3.63, 3.8) is 0 Å². The van der Waals surface area contributed by atoms with Crippen LogP contribution in [0.5, 0.6) is 23.0 Å². The number of aliphatic hydroxyl groups is 1. The molecule has 10 heteroatoms. The van der Waals surface area contributed by atoms with Crippen molar-refractivity contribution in [2.75, 3.05) is 26.2 Å². The van der Waals surface area contributed by atoms with E-state index in [0.717, 1.165) is 0 Å². The van der Waals surface area contributed by atoms with Crippen molar-refractivity contribution in [2.24, 2.45) is 0 Å². The third-order valence-corrected chi connectivity index (χ3v) is 6.24. The number of Topliss-reactive ketones (excluding diaryl/α,β-unsaturated/α-hetero) is 1. The van der Waals surface area contributed by atoms with Gasteiger partial charge in [0, 0.05) is 24.7 Å². The number of methoxy groups -OCH3 is 3. The number of benzene rings is 3. The van der Waals surface area contributed by atoms with Gasteiger partial charge < -0.3 is 24.1 Å². The molecular formula is C28H24ClNO8. The van der Waals surface area contributed by atoms with Crippen LogP contribution in [-0.4, -0.2) is 44.1 Å². The molecule has 1 saturated heterocycles. The highest BCUT2D eigenvalue weighted by atomic mass is 35.5. The quantitative estimate of drug-likeness (QED) is 0.149. The van der Waals surface area contributed by atoms with Gasteiger partial charge in [-0.1, -0.05) is 29.8 Å². The molecule has 1 amide bonds. The molecule has 0 radical (unpaired) electrons. The zero-order valence-electron chi connectivity index (χ0n) is 21.0. The fraction of sp³-hybridized carbons (Fsp3) is 0.179. The van der Waals surface area contributed by atoms with Gasteiger partial charge in [0.25, 0.3) is 11.7 Å². The topological polar surface area (TPSA) is 112 Å². The van der Waals surface area contributed by atoms with E-state index < -0.39 is 29.5 Å². The molecule has 0 spiro atoms. The van der Waals surface area contributed by atoms with Crippen LogP contribution >= 0.6 is 11.6 Å². The Morgan fingerprint density at radius 2 is 1.58 bits per heavy atom. The van der Waals surface area contributed by atoms with Gasteiger partial charge in [-0.25, -0.2) is 0 Å². The molecule has 1 aliphatic rings. The van der Waals surface area contributed by atoms with Gasteiger partial charge in [0.15, 0.2) is 0 Å². The van der Waals surface area contributed by atoms with Crippen LogP contribution in [-0.2, 0) is 14.4 Å². The predicted molar refractivity (Wildman–Crippen MR) is 140 cm³/mol. The maximum atomic E-state index is 13.5. The molecule has 1 fully saturated rings. The molecule has 38 heavy (non-hydrogen) atoms. The first-order valence-corrected chi connectivity index (χ1v) is 11.7. The van der Waals surface area contributed by atoms with E-state index in [0.29, 0.717) is 22.7 Å². The van der Waals surface area contributed by atoms with Crippen molar-refractivity contribution in [1.29, 1.82) is 0 Å². The molecule has 4 rings (SSSR count). The van der Waals surface area contributed by atoms with E-state index in [2.05, 4.69) is 0 Å². The summed E-state index contributed by atoms with van der Waals surface area (Å²) in [6.07, 6.45) is 0. The molecular weight excluding hydrogens is 514 g/mol. The second kappa shape index (κ2) is 10.9. The lowest BCUT2D eigenvalue weighted by Gasteiger charge is -2.26. The number of hydrogen-bond acceptors (Lipinski definition) is 8. The van der Waals surface area contributed by atoms with Crippen molar-refractivity contribution in [3.8, 4) is 23.0 Å². The Hall–Kier alpha value is -4.50. The molecule has 196 valence electrons. The third kappa shape index (κ3) is 4.88. The van der Waals surface area contributed by atoms with Crippen molar-refractivity contribution < 1.29 is 38.4 Å². The summed E-state index contributed by atoms with van der Waals surface area (Å²) >= 11 is 6.32. The second-order valence-electron chi connectivity index (χ2n) is 8.22. The first-order chi connectivity index (χ1) is 18.2. The lowest BCUT2D eigenvalue weighted by Crippen LogP contribution is -2.29. The van der Waals surface area contributed by atoms with Crippen LogP contribution in [0.25, 0.3) is 5.76 Å². The summed E-state index contributed by atoms with van der Waals surface area (Å²) in [4.78, 5) is 39.8. The monoisotopic (exact) mass is 537 g/mol. The molecule has 1 unspecified atom stereocenters. The number of anilines is 1. The summed E-state index contributed by atoms with van der Waals surface area (Å²) < 4.78 is 21.2. The number of carbonyl (C=O) groups is 3. The zero-order valence-corrected chi connectivity index (χ0v) is 21.7. The van der Waals surface area contributed by atoms with Gasteiger partial charge in [-0.05, 0) is 35.9 Å². The molecule has 3 aromatic carbocycles. The number of ketones is 1. The van der Waals surface area contributed by atoms with Gasteiger partial charge in [-0.2, -0.15) is 0 Å². The maximum Gasteiger partial charge on any atom is 0.308 e. The average molecular weight is 538 g/mol. The number of aliphatic hydroxyl groups excluding tert-OH is 1. The van der Waals surface area contributed by atoms with Crippen molar-refractivity contribution in [3.05, 3.63) is 82.4 Å². The molecule has 0 aliphatic carbocycles. The van der Waals surface area contributed by atoms with Crippen LogP contribution in [0.3, 0.4) is 0 Å². The van der Waals surface area contributed by atoms with Crippen LogP contribution in [0.2, 0.25) is 5.02 Å². The highest BCUT2D eigenvalue weighted by Gasteiger charge is 2.47. The number of carbonyl (C=O) groups excluding carboxylic acids is 3. The van der Waals surface area contributed by atoms with Crippen molar-refractivity contribution >= 4 is 40.7 Å². The molecule has 1 aliphatic heterocycles. The average Bonchev–Trinajstić information content (AvgIpc) is 3.18. The summed E-state index contributed by atoms with van der Waals surface area (Å²) in [6.45, 7) is 1.26. The maximum absolute atomic E-state index is 13.5. The van der Waals surface area contributed by atoms with Crippen LogP contribution in [0, 0.1) is 0 Å². The van der Waals surface area contributed by atoms with E-state index in [1.807, 2.05) is 0 Å². The molecule has 0 aromatic heterocycles. The Kier molecular flexibility index (Phi) is 7.59. The Bertz CT molecular complexity index is 1460. The Morgan fingerprint density at radius 3 is 2.24 bits per heavy atom. The first kappa shape index (κ1) is 26.6. The number of hydrogen-bond donors (Lipinski definition) is 1. The van der Waals surface area contributed by atoms with Gasteiger partial charge in [-0.15, -0.1) is 0 Å². The largest absolute Gasteiger partial charge is 0.507 e. The predicted octanol–water partition coefficient (Wildman–Crippen LogP) is 4.92. The van der Waals surface area contributed by atoms with E-state index >= 15 is 0 Å². The van der Waals surface area contributed by atoms with E-state index in [-0.39, 0.29) is 27.7 Å². The molecule has 3 aromatic rings. The van der Waals surface area contributed by atoms with E-state index in [1.54, 1.807) is 42.5 Å². The number of rotatable bonds is 7.